The molecule has 1 amide bonds. The van der Waals surface area contributed by atoms with Crippen LogP contribution in [0.5, 0.6) is 0 Å². The zero-order valence-electron chi connectivity index (χ0n) is 17.5. The Morgan fingerprint density at radius 1 is 1.12 bits per heavy atom. The number of aromatic nitrogens is 3. The Labute approximate surface area is 195 Å². The van der Waals surface area contributed by atoms with Crippen molar-refractivity contribution in [2.24, 2.45) is 5.73 Å². The highest BCUT2D eigenvalue weighted by atomic mass is 35.5. The van der Waals surface area contributed by atoms with E-state index < -0.39 is 0 Å². The number of fused-ring (bicyclic) bond motifs is 2. The van der Waals surface area contributed by atoms with E-state index in [1.54, 1.807) is 22.7 Å². The smallest absolute Gasteiger partial charge is 0.274 e. The third-order valence-corrected chi connectivity index (χ3v) is 6.49. The molecular weight excluding hydrogens is 445 g/mol. The fourth-order valence-electron chi connectivity index (χ4n) is 4.30. The van der Waals surface area contributed by atoms with Gasteiger partial charge in [0.1, 0.15) is 5.69 Å². The first kappa shape index (κ1) is 20.9. The van der Waals surface area contributed by atoms with Crippen LogP contribution in [0.1, 0.15) is 32.9 Å². The average Bonchev–Trinajstić information content (AvgIpc) is 3.21. The Kier molecular flexibility index (Phi) is 5.37. The van der Waals surface area contributed by atoms with Crippen molar-refractivity contribution in [2.75, 3.05) is 6.54 Å². The minimum Gasteiger partial charge on any atom is -0.333 e. The van der Waals surface area contributed by atoms with E-state index in [0.29, 0.717) is 34.6 Å². The second kappa shape index (κ2) is 8.20. The molecule has 0 spiro atoms. The van der Waals surface area contributed by atoms with Crippen molar-refractivity contribution in [3.05, 3.63) is 86.8 Å². The van der Waals surface area contributed by atoms with Gasteiger partial charge in [-0.05, 0) is 42.7 Å². The lowest BCUT2D eigenvalue weighted by molar-refractivity contribution is 0.0729. The largest absolute Gasteiger partial charge is 0.333 e. The van der Waals surface area contributed by atoms with E-state index in [9.17, 15) is 4.79 Å². The van der Waals surface area contributed by atoms with Crippen LogP contribution in [0.2, 0.25) is 10.0 Å². The van der Waals surface area contributed by atoms with Gasteiger partial charge in [0.25, 0.3) is 5.91 Å². The molecule has 2 N–H and O–H groups in total. The minimum absolute atomic E-state index is 0.120. The van der Waals surface area contributed by atoms with E-state index in [2.05, 4.69) is 22.1 Å². The Balaban J connectivity index is 1.60. The zero-order valence-corrected chi connectivity index (χ0v) is 19.0. The first-order valence-corrected chi connectivity index (χ1v) is 11.1. The Morgan fingerprint density at radius 3 is 2.66 bits per heavy atom. The molecule has 1 aliphatic rings. The summed E-state index contributed by atoms with van der Waals surface area (Å²) in [6.45, 7) is 3.38. The van der Waals surface area contributed by atoms with Crippen molar-refractivity contribution in [3.63, 3.8) is 0 Å². The summed E-state index contributed by atoms with van der Waals surface area (Å²) in [6.07, 6.45) is 2.56. The molecule has 8 heteroatoms. The molecule has 0 saturated heterocycles. The summed E-state index contributed by atoms with van der Waals surface area (Å²) in [6, 6.07) is 13.5. The zero-order chi connectivity index (χ0) is 22.4. The number of carbonyl (C=O) groups excluding carboxylic acids is 1. The molecule has 0 aliphatic carbocycles. The summed E-state index contributed by atoms with van der Waals surface area (Å²) < 4.78 is 1.80. The first-order valence-electron chi connectivity index (χ1n) is 10.4. The topological polar surface area (TPSA) is 76.5 Å². The monoisotopic (exact) mass is 465 g/mol. The molecule has 2 aromatic heterocycles. The Bertz CT molecular complexity index is 1360. The normalized spacial score (nSPS) is 13.4. The molecule has 5 rings (SSSR count). The highest BCUT2D eigenvalue weighted by molar-refractivity contribution is 6.36. The number of carbonyl (C=O) groups is 1. The molecule has 1 aliphatic heterocycles. The summed E-state index contributed by atoms with van der Waals surface area (Å²) >= 11 is 12.6. The Morgan fingerprint density at radius 2 is 1.91 bits per heavy atom. The number of rotatable bonds is 3. The standard InChI is InChI=1S/C24H21Cl2N5O/c1-14-19(11-27)22(18-7-6-17(25)10-20(18)26)31-13-21(29-24(31)28-14)23(32)30-9-8-15-4-2-3-5-16(15)12-30/h2-7,10,13H,8-9,11-12,27H2,1H3. The minimum atomic E-state index is -0.120. The molecule has 4 aromatic rings. The molecule has 0 radical (unpaired) electrons. The van der Waals surface area contributed by atoms with Crippen molar-refractivity contribution in [2.45, 2.75) is 26.4 Å². The lowest BCUT2D eigenvalue weighted by Crippen LogP contribution is -2.36. The van der Waals surface area contributed by atoms with Gasteiger partial charge >= 0.3 is 0 Å². The molecule has 0 bridgehead atoms. The maximum Gasteiger partial charge on any atom is 0.274 e. The van der Waals surface area contributed by atoms with Gasteiger partial charge in [0.2, 0.25) is 5.78 Å². The van der Waals surface area contributed by atoms with Gasteiger partial charge in [-0.1, -0.05) is 47.5 Å². The molecule has 3 heterocycles. The average molecular weight is 466 g/mol. The second-order valence-electron chi connectivity index (χ2n) is 7.89. The van der Waals surface area contributed by atoms with Crippen LogP contribution in [0.4, 0.5) is 0 Å². The van der Waals surface area contributed by atoms with Gasteiger partial charge in [0.15, 0.2) is 0 Å². The van der Waals surface area contributed by atoms with Gasteiger partial charge in [0, 0.05) is 47.7 Å². The quantitative estimate of drug-likeness (QED) is 0.476. The molecule has 6 nitrogen and oxygen atoms in total. The summed E-state index contributed by atoms with van der Waals surface area (Å²) in [5.41, 5.74) is 12.0. The molecule has 0 saturated carbocycles. The fourth-order valence-corrected chi connectivity index (χ4v) is 4.80. The van der Waals surface area contributed by atoms with Crippen LogP contribution < -0.4 is 5.73 Å². The van der Waals surface area contributed by atoms with Crippen LogP contribution in [0.25, 0.3) is 17.0 Å². The van der Waals surface area contributed by atoms with Crippen LogP contribution in [-0.4, -0.2) is 31.7 Å². The predicted octanol–water partition coefficient (Wildman–Crippen LogP) is 4.67. The lowest BCUT2D eigenvalue weighted by Gasteiger charge is -2.28. The highest BCUT2D eigenvalue weighted by Crippen LogP contribution is 2.34. The van der Waals surface area contributed by atoms with Crippen LogP contribution >= 0.6 is 23.2 Å². The van der Waals surface area contributed by atoms with Gasteiger partial charge < -0.3 is 10.6 Å². The number of nitrogens with zero attached hydrogens (tertiary/aromatic N) is 4. The van der Waals surface area contributed by atoms with Crippen molar-refractivity contribution in [3.8, 4) is 11.3 Å². The van der Waals surface area contributed by atoms with Crippen LogP contribution in [0.3, 0.4) is 0 Å². The van der Waals surface area contributed by atoms with Gasteiger partial charge in [-0.2, -0.15) is 0 Å². The molecule has 0 atom stereocenters. The van der Waals surface area contributed by atoms with Gasteiger partial charge in [0.05, 0.1) is 10.7 Å². The number of hydrogen-bond donors (Lipinski definition) is 1. The summed E-state index contributed by atoms with van der Waals surface area (Å²) in [5, 5.41) is 1.04. The highest BCUT2D eigenvalue weighted by Gasteiger charge is 2.25. The maximum atomic E-state index is 13.3. The Hall–Kier alpha value is -2.93. The van der Waals surface area contributed by atoms with Crippen LogP contribution in [0, 0.1) is 6.92 Å². The number of halogens is 2. The molecule has 0 unspecified atom stereocenters. The number of nitrogens with two attached hydrogens (primary N) is 1. The summed E-state index contributed by atoms with van der Waals surface area (Å²) in [7, 11) is 0. The van der Waals surface area contributed by atoms with Crippen LogP contribution in [-0.2, 0) is 19.5 Å². The van der Waals surface area contributed by atoms with E-state index >= 15 is 0 Å². The first-order chi connectivity index (χ1) is 15.5. The summed E-state index contributed by atoms with van der Waals surface area (Å²) in [5.74, 6) is 0.312. The van der Waals surface area contributed by atoms with Gasteiger partial charge in [-0.15, -0.1) is 0 Å². The SMILES string of the molecule is Cc1nc2nc(C(=O)N3CCc4ccccc4C3)cn2c(-c2ccc(Cl)cc2Cl)c1CN. The van der Waals surface area contributed by atoms with Crippen molar-refractivity contribution in [1.29, 1.82) is 0 Å². The molecule has 0 fully saturated rings. The third kappa shape index (κ3) is 3.54. The van der Waals surface area contributed by atoms with Crippen molar-refractivity contribution in [1.82, 2.24) is 19.3 Å². The fraction of sp³-hybridized carbons (Fsp3) is 0.208. The number of imidazole rings is 1. The lowest BCUT2D eigenvalue weighted by atomic mass is 10.00. The van der Waals surface area contributed by atoms with Crippen molar-refractivity contribution >= 4 is 34.9 Å². The van der Waals surface area contributed by atoms with E-state index in [1.807, 2.05) is 30.0 Å². The van der Waals surface area contributed by atoms with E-state index in [1.165, 1.54) is 11.1 Å². The maximum absolute atomic E-state index is 13.3. The molecular formula is C24H21Cl2N5O. The van der Waals surface area contributed by atoms with E-state index in [0.717, 1.165) is 28.9 Å². The van der Waals surface area contributed by atoms with Crippen LogP contribution in [0.15, 0.2) is 48.7 Å². The second-order valence-corrected chi connectivity index (χ2v) is 8.74. The van der Waals surface area contributed by atoms with E-state index in [4.69, 9.17) is 28.9 Å². The number of amides is 1. The van der Waals surface area contributed by atoms with E-state index in [-0.39, 0.29) is 12.5 Å². The number of hydrogen-bond acceptors (Lipinski definition) is 4. The van der Waals surface area contributed by atoms with Gasteiger partial charge in [-0.25, -0.2) is 9.97 Å². The molecule has 162 valence electrons. The molecule has 32 heavy (non-hydrogen) atoms. The predicted molar refractivity (Wildman–Crippen MR) is 126 cm³/mol. The molecule has 2 aromatic carbocycles. The summed E-state index contributed by atoms with van der Waals surface area (Å²) in [4.78, 5) is 24.3. The van der Waals surface area contributed by atoms with Crippen molar-refractivity contribution < 1.29 is 4.79 Å². The number of aryl methyl sites for hydroxylation is 1. The van der Waals surface area contributed by atoms with Gasteiger partial charge in [-0.3, -0.25) is 9.20 Å². The number of benzene rings is 2. The third-order valence-electron chi connectivity index (χ3n) is 5.95.